The van der Waals surface area contributed by atoms with E-state index in [-0.39, 0.29) is 11.6 Å². The topological polar surface area (TPSA) is 97.7 Å². The Kier molecular flexibility index (Phi) is 5.46. The zero-order valence-corrected chi connectivity index (χ0v) is 21.1. The second kappa shape index (κ2) is 8.69. The lowest BCUT2D eigenvalue weighted by molar-refractivity contribution is -0.385. The minimum absolute atomic E-state index is 0.201. The Morgan fingerprint density at radius 2 is 1.89 bits per heavy atom. The molecule has 0 amide bonds. The number of nitro groups is 1. The van der Waals surface area contributed by atoms with Crippen LogP contribution in [0.25, 0.3) is 11.8 Å². The summed E-state index contributed by atoms with van der Waals surface area (Å²) in [6.45, 7) is 0. The van der Waals surface area contributed by atoms with Crippen molar-refractivity contribution < 1.29 is 10.0 Å². The highest BCUT2D eigenvalue weighted by molar-refractivity contribution is 9.10. The fourth-order valence-corrected chi connectivity index (χ4v) is 6.16. The SMILES string of the molecule is O=c1/c(=C/c2ccc(O)c([N+](=O)[O-])c2)sc2n1[C@H](c1ccc(Br)cc1)C1=C(N=2)c2ccccc2CC1. The second-order valence-electron chi connectivity index (χ2n) is 8.67. The number of benzene rings is 3. The van der Waals surface area contributed by atoms with E-state index < -0.39 is 16.4 Å². The van der Waals surface area contributed by atoms with E-state index in [1.807, 2.05) is 36.4 Å². The van der Waals surface area contributed by atoms with Crippen molar-refractivity contribution in [3.05, 3.63) is 129 Å². The molecule has 36 heavy (non-hydrogen) atoms. The average molecular weight is 560 g/mol. The highest BCUT2D eigenvalue weighted by atomic mass is 79.9. The van der Waals surface area contributed by atoms with Crippen LogP contribution in [0.4, 0.5) is 5.69 Å². The van der Waals surface area contributed by atoms with Crippen molar-refractivity contribution >= 4 is 44.7 Å². The Bertz CT molecular complexity index is 1770. The number of aryl methyl sites for hydroxylation is 1. The molecule has 2 heterocycles. The smallest absolute Gasteiger partial charge is 0.311 e. The summed E-state index contributed by atoms with van der Waals surface area (Å²) in [6.07, 6.45) is 3.29. The zero-order valence-electron chi connectivity index (χ0n) is 18.7. The molecular weight excluding hydrogens is 542 g/mol. The number of halogens is 1. The molecule has 1 aromatic heterocycles. The first-order chi connectivity index (χ1) is 17.4. The lowest BCUT2D eigenvalue weighted by Gasteiger charge is -2.30. The van der Waals surface area contributed by atoms with E-state index >= 15 is 0 Å². The monoisotopic (exact) mass is 559 g/mol. The van der Waals surface area contributed by atoms with Crippen molar-refractivity contribution in [1.29, 1.82) is 0 Å². The number of nitrogens with zero attached hydrogens (tertiary/aromatic N) is 3. The maximum Gasteiger partial charge on any atom is 0.311 e. The summed E-state index contributed by atoms with van der Waals surface area (Å²) in [6, 6.07) is 20.0. The number of aromatic hydroxyl groups is 1. The van der Waals surface area contributed by atoms with E-state index in [4.69, 9.17) is 4.99 Å². The number of thiazole rings is 1. The third-order valence-electron chi connectivity index (χ3n) is 6.55. The molecule has 9 heteroatoms. The molecule has 1 atom stereocenters. The van der Waals surface area contributed by atoms with Crippen LogP contribution in [0.3, 0.4) is 0 Å². The number of allylic oxidation sites excluding steroid dienone is 1. The van der Waals surface area contributed by atoms with Crippen molar-refractivity contribution in [2.24, 2.45) is 4.99 Å². The summed E-state index contributed by atoms with van der Waals surface area (Å²) in [7, 11) is 0. The summed E-state index contributed by atoms with van der Waals surface area (Å²) < 4.78 is 3.11. The van der Waals surface area contributed by atoms with Crippen LogP contribution in [-0.2, 0) is 6.42 Å². The largest absolute Gasteiger partial charge is 0.502 e. The Balaban J connectivity index is 1.60. The Hall–Kier alpha value is -3.82. The van der Waals surface area contributed by atoms with E-state index in [1.54, 1.807) is 16.7 Å². The van der Waals surface area contributed by atoms with Crippen LogP contribution in [0.15, 0.2) is 86.6 Å². The molecule has 0 radical (unpaired) electrons. The maximum atomic E-state index is 13.7. The molecule has 1 aliphatic carbocycles. The third-order valence-corrected chi connectivity index (χ3v) is 8.06. The molecule has 0 saturated carbocycles. The average Bonchev–Trinajstić information content (AvgIpc) is 3.18. The summed E-state index contributed by atoms with van der Waals surface area (Å²) in [5.74, 6) is -0.416. The normalized spacial score (nSPS) is 16.7. The van der Waals surface area contributed by atoms with Crippen LogP contribution in [0.1, 0.15) is 34.7 Å². The summed E-state index contributed by atoms with van der Waals surface area (Å²) in [5.41, 5.74) is 5.20. The molecule has 1 aliphatic heterocycles. The molecule has 4 aromatic rings. The Morgan fingerprint density at radius 3 is 2.67 bits per heavy atom. The van der Waals surface area contributed by atoms with E-state index in [2.05, 4.69) is 28.1 Å². The molecule has 1 N–H and O–H groups in total. The highest BCUT2D eigenvalue weighted by Crippen LogP contribution is 2.41. The zero-order chi connectivity index (χ0) is 25.0. The summed E-state index contributed by atoms with van der Waals surface area (Å²) >= 11 is 4.76. The van der Waals surface area contributed by atoms with Crippen LogP contribution in [0, 0.1) is 10.1 Å². The van der Waals surface area contributed by atoms with Gasteiger partial charge in [0.2, 0.25) is 0 Å². The molecule has 0 saturated heterocycles. The molecule has 2 aliphatic rings. The molecule has 0 fully saturated rings. The van der Waals surface area contributed by atoms with Gasteiger partial charge in [0, 0.05) is 16.1 Å². The van der Waals surface area contributed by atoms with Crippen molar-refractivity contribution in [2.75, 3.05) is 0 Å². The molecular formula is C27H18BrN3O4S. The molecule has 0 spiro atoms. The van der Waals surface area contributed by atoms with Gasteiger partial charge in [-0.25, -0.2) is 4.99 Å². The summed E-state index contributed by atoms with van der Waals surface area (Å²) in [5, 5.41) is 21.1. The number of aromatic nitrogens is 1. The molecule has 0 bridgehead atoms. The quantitative estimate of drug-likeness (QED) is 0.290. The fourth-order valence-electron chi connectivity index (χ4n) is 4.90. The number of rotatable bonds is 3. The van der Waals surface area contributed by atoms with E-state index in [0.717, 1.165) is 39.7 Å². The first kappa shape index (κ1) is 22.6. The number of hydrogen-bond donors (Lipinski definition) is 1. The van der Waals surface area contributed by atoms with Gasteiger partial charge in [-0.3, -0.25) is 19.5 Å². The van der Waals surface area contributed by atoms with Gasteiger partial charge in [-0.1, -0.05) is 69.7 Å². The standard InChI is InChI=1S/C27H18BrN3O4S/c28-18-9-6-17(7-10-18)25-20-11-8-16-3-1-2-4-19(16)24(20)29-27-30(25)26(33)23(36-27)14-15-5-12-22(32)21(13-15)31(34)35/h1-7,9-10,12-14,25,32H,8,11H2/b23-14-/t25-/m1/s1. The number of nitro benzene ring substituents is 1. The predicted molar refractivity (Wildman–Crippen MR) is 142 cm³/mol. The van der Waals surface area contributed by atoms with Crippen molar-refractivity contribution in [3.8, 4) is 5.75 Å². The van der Waals surface area contributed by atoms with Gasteiger partial charge in [0.25, 0.3) is 5.56 Å². The number of phenols is 1. The van der Waals surface area contributed by atoms with Gasteiger partial charge in [0.05, 0.1) is 21.2 Å². The lowest BCUT2D eigenvalue weighted by atomic mass is 9.83. The van der Waals surface area contributed by atoms with Gasteiger partial charge < -0.3 is 5.11 Å². The minimum atomic E-state index is -0.646. The Labute approximate surface area is 217 Å². The molecule has 0 unspecified atom stereocenters. The van der Waals surface area contributed by atoms with Gasteiger partial charge in [-0.15, -0.1) is 0 Å². The van der Waals surface area contributed by atoms with Gasteiger partial charge in [0.1, 0.15) is 0 Å². The first-order valence-corrected chi connectivity index (χ1v) is 12.9. The van der Waals surface area contributed by atoms with Crippen LogP contribution in [0.2, 0.25) is 0 Å². The fraction of sp³-hybridized carbons (Fsp3) is 0.111. The molecule has 178 valence electrons. The lowest BCUT2D eigenvalue weighted by Crippen LogP contribution is -2.38. The van der Waals surface area contributed by atoms with Crippen LogP contribution in [-0.4, -0.2) is 14.6 Å². The van der Waals surface area contributed by atoms with Gasteiger partial charge >= 0.3 is 5.69 Å². The minimum Gasteiger partial charge on any atom is -0.502 e. The molecule has 6 rings (SSSR count). The van der Waals surface area contributed by atoms with Crippen LogP contribution in [0.5, 0.6) is 5.75 Å². The van der Waals surface area contributed by atoms with Gasteiger partial charge in [0.15, 0.2) is 10.6 Å². The first-order valence-electron chi connectivity index (χ1n) is 11.3. The van der Waals surface area contributed by atoms with Crippen LogP contribution >= 0.6 is 27.3 Å². The van der Waals surface area contributed by atoms with Crippen molar-refractivity contribution in [2.45, 2.75) is 18.9 Å². The van der Waals surface area contributed by atoms with Crippen molar-refractivity contribution in [3.63, 3.8) is 0 Å². The van der Waals surface area contributed by atoms with Gasteiger partial charge in [-0.05, 0) is 59.4 Å². The van der Waals surface area contributed by atoms with Crippen LogP contribution < -0.4 is 14.9 Å². The number of fused-ring (bicyclic) bond motifs is 3. The number of phenolic OH excluding ortho intramolecular Hbond substituents is 1. The Morgan fingerprint density at radius 1 is 1.11 bits per heavy atom. The summed E-state index contributed by atoms with van der Waals surface area (Å²) in [4.78, 5) is 29.9. The van der Waals surface area contributed by atoms with Crippen molar-refractivity contribution in [1.82, 2.24) is 4.57 Å². The third kappa shape index (κ3) is 3.71. The van der Waals surface area contributed by atoms with Gasteiger partial charge in [-0.2, -0.15) is 0 Å². The highest BCUT2D eigenvalue weighted by Gasteiger charge is 2.32. The van der Waals surface area contributed by atoms with E-state index in [9.17, 15) is 20.0 Å². The van der Waals surface area contributed by atoms with E-state index in [0.29, 0.717) is 14.9 Å². The second-order valence-corrected chi connectivity index (χ2v) is 10.6. The van der Waals surface area contributed by atoms with E-state index in [1.165, 1.54) is 29.0 Å². The number of hydrogen-bond acceptors (Lipinski definition) is 6. The molecule has 7 nitrogen and oxygen atoms in total. The predicted octanol–water partition coefficient (Wildman–Crippen LogP) is 4.70. The maximum absolute atomic E-state index is 13.7. The molecule has 3 aromatic carbocycles.